The van der Waals surface area contributed by atoms with Gasteiger partial charge in [-0.25, -0.2) is 9.59 Å². The van der Waals surface area contributed by atoms with E-state index in [0.717, 1.165) is 0 Å². The highest BCUT2D eigenvalue weighted by molar-refractivity contribution is 8.00. The summed E-state index contributed by atoms with van der Waals surface area (Å²) in [6.07, 6.45) is 0.206. The lowest BCUT2D eigenvalue weighted by Crippen LogP contribution is -2.57. The molecule has 2 rings (SSSR count). The predicted octanol–water partition coefficient (Wildman–Crippen LogP) is 2.05. The maximum absolute atomic E-state index is 13.0. The van der Waals surface area contributed by atoms with E-state index < -0.39 is 29.2 Å². The van der Waals surface area contributed by atoms with E-state index in [1.54, 1.807) is 20.8 Å². The first kappa shape index (κ1) is 18.9. The quantitative estimate of drug-likeness (QED) is 0.798. The van der Waals surface area contributed by atoms with Gasteiger partial charge in [-0.05, 0) is 33.1 Å². The zero-order valence-corrected chi connectivity index (χ0v) is 15.6. The second-order valence-electron chi connectivity index (χ2n) is 7.87. The molecule has 136 valence electrons. The van der Waals surface area contributed by atoms with Crippen molar-refractivity contribution in [3.8, 4) is 0 Å². The lowest BCUT2D eigenvalue weighted by Gasteiger charge is -2.32. The molecule has 0 spiro atoms. The number of nitrogens with zero attached hydrogens (tertiary/aromatic N) is 1. The van der Waals surface area contributed by atoms with Crippen molar-refractivity contribution in [2.45, 2.75) is 70.0 Å². The molecule has 0 aromatic heterocycles. The molecule has 2 N–H and O–H groups in total. The minimum Gasteiger partial charge on any atom is -0.480 e. The molecule has 0 unspecified atom stereocenters. The van der Waals surface area contributed by atoms with Crippen LogP contribution >= 0.6 is 11.8 Å². The Labute approximate surface area is 146 Å². The topological polar surface area (TPSA) is 95.9 Å². The van der Waals surface area contributed by atoms with E-state index in [0.29, 0.717) is 18.6 Å². The lowest BCUT2D eigenvalue weighted by atomic mass is 9.87. The largest absolute Gasteiger partial charge is 0.480 e. The molecule has 0 saturated carbocycles. The number of fused-ring (bicyclic) bond motifs is 1. The molecule has 2 aliphatic rings. The van der Waals surface area contributed by atoms with Gasteiger partial charge in [-0.1, -0.05) is 13.8 Å². The van der Waals surface area contributed by atoms with Gasteiger partial charge in [-0.15, -0.1) is 11.8 Å². The monoisotopic (exact) mass is 358 g/mol. The third-order valence-corrected chi connectivity index (χ3v) is 5.33. The van der Waals surface area contributed by atoms with Crippen LogP contribution in [0.4, 0.5) is 4.79 Å². The minimum absolute atomic E-state index is 0.164. The van der Waals surface area contributed by atoms with E-state index in [2.05, 4.69) is 5.32 Å². The molecule has 0 radical (unpaired) electrons. The fourth-order valence-corrected chi connectivity index (χ4v) is 4.85. The van der Waals surface area contributed by atoms with Gasteiger partial charge in [0.25, 0.3) is 0 Å². The molecule has 0 aromatic carbocycles. The average molecular weight is 358 g/mol. The zero-order chi connectivity index (χ0) is 18.3. The van der Waals surface area contributed by atoms with E-state index in [1.807, 2.05) is 13.8 Å². The normalized spacial score (nSPS) is 29.8. The van der Waals surface area contributed by atoms with Crippen LogP contribution < -0.4 is 5.32 Å². The van der Waals surface area contributed by atoms with Crippen molar-refractivity contribution in [3.63, 3.8) is 0 Å². The number of hydrogen-bond acceptors (Lipinski definition) is 5. The Kier molecular flexibility index (Phi) is 5.09. The van der Waals surface area contributed by atoms with Gasteiger partial charge in [0.2, 0.25) is 5.91 Å². The highest BCUT2D eigenvalue weighted by Gasteiger charge is 2.58. The summed E-state index contributed by atoms with van der Waals surface area (Å²) in [5.74, 6) is -0.770. The number of thioether (sulfide) groups is 1. The Morgan fingerprint density at radius 2 is 2.08 bits per heavy atom. The van der Waals surface area contributed by atoms with Crippen LogP contribution in [0.15, 0.2) is 0 Å². The van der Waals surface area contributed by atoms with E-state index >= 15 is 0 Å². The third kappa shape index (κ3) is 3.79. The van der Waals surface area contributed by atoms with Crippen molar-refractivity contribution >= 4 is 29.7 Å². The molecule has 0 aliphatic carbocycles. The van der Waals surface area contributed by atoms with E-state index in [4.69, 9.17) is 4.74 Å². The van der Waals surface area contributed by atoms with Crippen LogP contribution in [0.2, 0.25) is 0 Å². The molecule has 24 heavy (non-hydrogen) atoms. The second kappa shape index (κ2) is 6.46. The summed E-state index contributed by atoms with van der Waals surface area (Å²) in [6.45, 7) is 9.21. The van der Waals surface area contributed by atoms with Crippen molar-refractivity contribution < 1.29 is 24.2 Å². The SMILES string of the molecule is CC(C)C[C@@]1(NC(=O)OC(C)(C)C)C[C@@H]2SC[C@@H](C(=O)O)N2C1=O. The number of aliphatic carboxylic acids is 1. The third-order valence-electron chi connectivity index (χ3n) is 4.04. The summed E-state index contributed by atoms with van der Waals surface area (Å²) in [5, 5.41) is 11.9. The Bertz CT molecular complexity index is 545. The van der Waals surface area contributed by atoms with E-state index in [-0.39, 0.29) is 17.2 Å². The highest BCUT2D eigenvalue weighted by Crippen LogP contribution is 2.44. The van der Waals surface area contributed by atoms with Gasteiger partial charge in [0.1, 0.15) is 17.2 Å². The van der Waals surface area contributed by atoms with Crippen molar-refractivity contribution in [2.75, 3.05) is 5.75 Å². The number of rotatable bonds is 4. The Morgan fingerprint density at radius 3 is 2.58 bits per heavy atom. The molecule has 7 nitrogen and oxygen atoms in total. The molecule has 2 heterocycles. The molecule has 2 aliphatic heterocycles. The number of amides is 2. The minimum atomic E-state index is -1.09. The molecule has 0 aromatic rings. The molecule has 8 heteroatoms. The van der Waals surface area contributed by atoms with Gasteiger partial charge in [-0.3, -0.25) is 4.79 Å². The summed E-state index contributed by atoms with van der Waals surface area (Å²) in [4.78, 5) is 38.1. The number of carbonyl (C=O) groups excluding carboxylic acids is 2. The molecule has 3 atom stereocenters. The van der Waals surface area contributed by atoms with Crippen molar-refractivity contribution in [3.05, 3.63) is 0 Å². The van der Waals surface area contributed by atoms with Crippen LogP contribution in [0.5, 0.6) is 0 Å². The Morgan fingerprint density at radius 1 is 1.46 bits per heavy atom. The van der Waals surface area contributed by atoms with Gasteiger partial charge in [0.15, 0.2) is 0 Å². The van der Waals surface area contributed by atoms with Gasteiger partial charge in [0.05, 0.1) is 5.37 Å². The summed E-state index contributed by atoms with van der Waals surface area (Å²) >= 11 is 1.45. The molecule has 2 amide bonds. The summed E-state index contributed by atoms with van der Waals surface area (Å²) in [7, 11) is 0. The number of alkyl carbamates (subject to hydrolysis) is 1. The van der Waals surface area contributed by atoms with Crippen LogP contribution in [0.1, 0.15) is 47.5 Å². The first-order valence-corrected chi connectivity index (χ1v) is 9.18. The van der Waals surface area contributed by atoms with Crippen LogP contribution in [0.3, 0.4) is 0 Å². The van der Waals surface area contributed by atoms with Crippen LogP contribution in [-0.4, -0.2) is 56.3 Å². The molecular formula is C16H26N2O5S. The van der Waals surface area contributed by atoms with Gasteiger partial charge in [-0.2, -0.15) is 0 Å². The van der Waals surface area contributed by atoms with Gasteiger partial charge >= 0.3 is 12.1 Å². The van der Waals surface area contributed by atoms with Crippen molar-refractivity contribution in [1.82, 2.24) is 10.2 Å². The van der Waals surface area contributed by atoms with E-state index in [1.165, 1.54) is 16.7 Å². The number of carbonyl (C=O) groups is 3. The maximum Gasteiger partial charge on any atom is 0.408 e. The summed E-state index contributed by atoms with van der Waals surface area (Å²) in [6, 6.07) is -0.832. The maximum atomic E-state index is 13.0. The predicted molar refractivity (Wildman–Crippen MR) is 90.7 cm³/mol. The van der Waals surface area contributed by atoms with Crippen LogP contribution in [0, 0.1) is 5.92 Å². The first-order valence-electron chi connectivity index (χ1n) is 8.13. The van der Waals surface area contributed by atoms with Crippen LogP contribution in [-0.2, 0) is 14.3 Å². The summed E-state index contributed by atoms with van der Waals surface area (Å²) < 4.78 is 5.31. The van der Waals surface area contributed by atoms with Crippen LogP contribution in [0.25, 0.3) is 0 Å². The van der Waals surface area contributed by atoms with Gasteiger partial charge in [0, 0.05) is 12.2 Å². The highest BCUT2D eigenvalue weighted by atomic mass is 32.2. The fraction of sp³-hybridized carbons (Fsp3) is 0.812. The average Bonchev–Trinajstić information content (AvgIpc) is 2.86. The van der Waals surface area contributed by atoms with Crippen molar-refractivity contribution in [2.24, 2.45) is 5.92 Å². The molecule has 0 bridgehead atoms. The number of nitrogens with one attached hydrogen (secondary N) is 1. The van der Waals surface area contributed by atoms with Gasteiger partial charge < -0.3 is 20.1 Å². The van der Waals surface area contributed by atoms with E-state index in [9.17, 15) is 19.5 Å². The molecular weight excluding hydrogens is 332 g/mol. The fourth-order valence-electron chi connectivity index (χ4n) is 3.34. The number of carboxylic acids is 1. The number of ether oxygens (including phenoxy) is 1. The second-order valence-corrected chi connectivity index (χ2v) is 9.08. The smallest absolute Gasteiger partial charge is 0.408 e. The summed E-state index contributed by atoms with van der Waals surface area (Å²) in [5.41, 5.74) is -1.76. The zero-order valence-electron chi connectivity index (χ0n) is 14.8. The Hall–Kier alpha value is -1.44. The standard InChI is InChI=1S/C16H26N2O5S/c1-9(2)6-16(17-14(22)23-15(3,4)5)7-11-18(13(16)21)10(8-24-11)12(19)20/h9-11H,6-8H2,1-5H3,(H,17,22)(H,19,20)/t10-,11-,16+/m0/s1. The first-order chi connectivity index (χ1) is 10.9. The van der Waals surface area contributed by atoms with Crippen molar-refractivity contribution in [1.29, 1.82) is 0 Å². The molecule has 2 fully saturated rings. The number of hydrogen-bond donors (Lipinski definition) is 2. The molecule has 2 saturated heterocycles. The lowest BCUT2D eigenvalue weighted by molar-refractivity contribution is -0.148. The number of carboxylic acid groups (broad SMARTS) is 1. The Balaban J connectivity index is 2.25.